The van der Waals surface area contributed by atoms with Gasteiger partial charge in [-0.1, -0.05) is 52.4 Å². The molecule has 0 spiro atoms. The highest BCUT2D eigenvalue weighted by molar-refractivity contribution is 5.13. The van der Waals surface area contributed by atoms with E-state index >= 15 is 0 Å². The monoisotopic (exact) mass is 382 g/mol. The molecule has 1 unspecified atom stereocenters. The molecule has 0 saturated carbocycles. The molecule has 1 aromatic rings. The molecule has 0 aromatic carbocycles. The molecular formula is C22H42N2O3. The highest BCUT2D eigenvalue weighted by Crippen LogP contribution is 2.32. The number of rotatable bonds is 16. The van der Waals surface area contributed by atoms with E-state index in [9.17, 15) is 0 Å². The van der Waals surface area contributed by atoms with E-state index in [0.717, 1.165) is 37.9 Å². The minimum Gasteiger partial charge on any atom is -0.346 e. The standard InChI is InChI=1S/C22H42N2O3/c1-7-9-10-11-12-13-15-19(22(25-4,26-5)27-6)16-14-17-20-18(3)23-21(8-2)24-20/h19H,7-17H2,1-6H3,(H,23,24). The van der Waals surface area contributed by atoms with Crippen LogP contribution in [0.15, 0.2) is 0 Å². The minimum atomic E-state index is -0.946. The number of nitrogens with zero attached hydrogens (tertiary/aromatic N) is 1. The van der Waals surface area contributed by atoms with Crippen molar-refractivity contribution in [2.45, 2.75) is 97.4 Å². The molecule has 0 aliphatic rings. The van der Waals surface area contributed by atoms with Crippen LogP contribution in [0.5, 0.6) is 0 Å². The number of nitrogens with one attached hydrogen (secondary N) is 1. The molecule has 1 aromatic heterocycles. The first-order valence-corrected chi connectivity index (χ1v) is 10.8. The average Bonchev–Trinajstić information content (AvgIpc) is 3.05. The van der Waals surface area contributed by atoms with E-state index in [4.69, 9.17) is 19.2 Å². The molecule has 0 fully saturated rings. The van der Waals surface area contributed by atoms with Gasteiger partial charge in [0.15, 0.2) is 0 Å². The largest absolute Gasteiger partial charge is 0.346 e. The van der Waals surface area contributed by atoms with Crippen LogP contribution in [0, 0.1) is 12.8 Å². The van der Waals surface area contributed by atoms with Gasteiger partial charge in [-0.05, 0) is 32.6 Å². The Morgan fingerprint density at radius 3 is 2.04 bits per heavy atom. The highest BCUT2D eigenvalue weighted by atomic mass is 16.9. The van der Waals surface area contributed by atoms with Gasteiger partial charge in [-0.25, -0.2) is 4.98 Å². The van der Waals surface area contributed by atoms with Crippen LogP contribution in [0.25, 0.3) is 0 Å². The molecule has 1 heterocycles. The zero-order chi connectivity index (χ0) is 20.1. The fraction of sp³-hybridized carbons (Fsp3) is 0.864. The lowest BCUT2D eigenvalue weighted by atomic mass is 9.92. The fourth-order valence-corrected chi connectivity index (χ4v) is 3.91. The molecule has 1 N–H and O–H groups in total. The van der Waals surface area contributed by atoms with Crippen LogP contribution in [0.1, 0.15) is 88.8 Å². The number of aromatic nitrogens is 2. The summed E-state index contributed by atoms with van der Waals surface area (Å²) in [6, 6.07) is 0. The van der Waals surface area contributed by atoms with Gasteiger partial charge in [-0.3, -0.25) is 0 Å². The van der Waals surface area contributed by atoms with Crippen molar-refractivity contribution in [3.63, 3.8) is 0 Å². The lowest BCUT2D eigenvalue weighted by Gasteiger charge is -2.36. The third-order valence-corrected chi connectivity index (χ3v) is 5.60. The van der Waals surface area contributed by atoms with Gasteiger partial charge >= 0.3 is 0 Å². The Hall–Kier alpha value is -0.910. The van der Waals surface area contributed by atoms with Crippen molar-refractivity contribution in [2.24, 2.45) is 5.92 Å². The second-order valence-corrected chi connectivity index (χ2v) is 7.47. The molecule has 5 heteroatoms. The Bertz CT molecular complexity index is 489. The number of imidazole rings is 1. The summed E-state index contributed by atoms with van der Waals surface area (Å²) in [6.07, 6.45) is 12.8. The molecule has 158 valence electrons. The maximum Gasteiger partial charge on any atom is 0.285 e. The quantitative estimate of drug-likeness (QED) is 0.300. The molecule has 1 rings (SSSR count). The summed E-state index contributed by atoms with van der Waals surface area (Å²) in [5, 5.41) is 0. The Balaban J connectivity index is 2.60. The highest BCUT2D eigenvalue weighted by Gasteiger charge is 2.39. The van der Waals surface area contributed by atoms with Gasteiger partial charge in [0.25, 0.3) is 5.97 Å². The fourth-order valence-electron chi connectivity index (χ4n) is 3.91. The summed E-state index contributed by atoms with van der Waals surface area (Å²) < 4.78 is 17.0. The van der Waals surface area contributed by atoms with E-state index in [-0.39, 0.29) is 5.92 Å². The van der Waals surface area contributed by atoms with Gasteiger partial charge in [0.2, 0.25) is 0 Å². The Morgan fingerprint density at radius 1 is 0.889 bits per heavy atom. The number of aryl methyl sites for hydroxylation is 3. The van der Waals surface area contributed by atoms with Crippen molar-refractivity contribution in [1.82, 2.24) is 9.97 Å². The lowest BCUT2D eigenvalue weighted by molar-refractivity contribution is -0.380. The van der Waals surface area contributed by atoms with E-state index in [1.807, 2.05) is 0 Å². The number of unbranched alkanes of at least 4 members (excludes halogenated alkanes) is 5. The van der Waals surface area contributed by atoms with E-state index in [2.05, 4.69) is 25.8 Å². The van der Waals surface area contributed by atoms with Gasteiger partial charge < -0.3 is 19.2 Å². The van der Waals surface area contributed by atoms with Gasteiger partial charge in [0.1, 0.15) is 5.82 Å². The second-order valence-electron chi connectivity index (χ2n) is 7.47. The number of ether oxygens (including phenoxy) is 3. The summed E-state index contributed by atoms with van der Waals surface area (Å²) in [4.78, 5) is 8.07. The maximum atomic E-state index is 5.68. The molecule has 0 radical (unpaired) electrons. The molecule has 0 saturated heterocycles. The van der Waals surface area contributed by atoms with Gasteiger partial charge in [-0.2, -0.15) is 0 Å². The van der Waals surface area contributed by atoms with Gasteiger partial charge in [0.05, 0.1) is 5.69 Å². The Kier molecular flexibility index (Phi) is 11.9. The van der Waals surface area contributed by atoms with Crippen molar-refractivity contribution in [1.29, 1.82) is 0 Å². The van der Waals surface area contributed by atoms with Crippen LogP contribution in [-0.4, -0.2) is 37.3 Å². The summed E-state index contributed by atoms with van der Waals surface area (Å²) in [5.41, 5.74) is 2.37. The van der Waals surface area contributed by atoms with Crippen molar-refractivity contribution < 1.29 is 14.2 Å². The van der Waals surface area contributed by atoms with Crippen LogP contribution >= 0.6 is 0 Å². The van der Waals surface area contributed by atoms with Crippen molar-refractivity contribution in [3.05, 3.63) is 17.2 Å². The van der Waals surface area contributed by atoms with Gasteiger partial charge in [0, 0.05) is 39.4 Å². The molecule has 5 nitrogen and oxygen atoms in total. The van der Waals surface area contributed by atoms with E-state index in [1.54, 1.807) is 21.3 Å². The first kappa shape index (κ1) is 24.1. The first-order valence-electron chi connectivity index (χ1n) is 10.8. The number of H-pyrrole nitrogens is 1. The van der Waals surface area contributed by atoms with Gasteiger partial charge in [-0.15, -0.1) is 0 Å². The van der Waals surface area contributed by atoms with Crippen LogP contribution in [-0.2, 0) is 27.1 Å². The van der Waals surface area contributed by atoms with Crippen molar-refractivity contribution >= 4 is 0 Å². The zero-order valence-corrected chi connectivity index (χ0v) is 18.5. The number of hydrogen-bond donors (Lipinski definition) is 1. The smallest absolute Gasteiger partial charge is 0.285 e. The average molecular weight is 383 g/mol. The Morgan fingerprint density at radius 2 is 1.48 bits per heavy atom. The molecule has 27 heavy (non-hydrogen) atoms. The second kappa shape index (κ2) is 13.3. The third kappa shape index (κ3) is 7.55. The molecule has 1 atom stereocenters. The summed E-state index contributed by atoms with van der Waals surface area (Å²) >= 11 is 0. The number of methoxy groups -OCH3 is 3. The van der Waals surface area contributed by atoms with Crippen LogP contribution < -0.4 is 0 Å². The number of hydrogen-bond acceptors (Lipinski definition) is 4. The summed E-state index contributed by atoms with van der Waals surface area (Å²) in [7, 11) is 5.02. The molecule has 0 aliphatic heterocycles. The molecular weight excluding hydrogens is 340 g/mol. The predicted octanol–water partition coefficient (Wildman–Crippen LogP) is 5.56. The zero-order valence-electron chi connectivity index (χ0n) is 18.5. The van der Waals surface area contributed by atoms with E-state index in [1.165, 1.54) is 49.9 Å². The minimum absolute atomic E-state index is 0.216. The Labute approximate surface area is 166 Å². The van der Waals surface area contributed by atoms with E-state index in [0.29, 0.717) is 0 Å². The van der Waals surface area contributed by atoms with E-state index < -0.39 is 5.97 Å². The summed E-state index contributed by atoms with van der Waals surface area (Å²) in [6.45, 7) is 6.49. The first-order chi connectivity index (χ1) is 13.1. The van der Waals surface area contributed by atoms with Crippen LogP contribution in [0.4, 0.5) is 0 Å². The molecule has 0 amide bonds. The molecule has 0 aliphatic carbocycles. The maximum absolute atomic E-state index is 5.68. The normalized spacial score (nSPS) is 13.3. The predicted molar refractivity (Wildman–Crippen MR) is 111 cm³/mol. The third-order valence-electron chi connectivity index (χ3n) is 5.60. The number of aromatic amines is 1. The topological polar surface area (TPSA) is 56.4 Å². The molecule has 0 bridgehead atoms. The van der Waals surface area contributed by atoms with Crippen LogP contribution in [0.3, 0.4) is 0 Å². The lowest BCUT2D eigenvalue weighted by Crippen LogP contribution is -2.44. The van der Waals surface area contributed by atoms with Crippen molar-refractivity contribution in [3.8, 4) is 0 Å². The van der Waals surface area contributed by atoms with Crippen molar-refractivity contribution in [2.75, 3.05) is 21.3 Å². The SMILES string of the molecule is CCCCCCCCC(CCCc1nc(CC)[nH]c1C)C(OC)(OC)OC. The summed E-state index contributed by atoms with van der Waals surface area (Å²) in [5.74, 6) is 0.346. The van der Waals surface area contributed by atoms with Crippen LogP contribution in [0.2, 0.25) is 0 Å².